The molecule has 1 amide bonds. The van der Waals surface area contributed by atoms with Crippen LogP contribution in [0.25, 0.3) is 0 Å². The fourth-order valence-corrected chi connectivity index (χ4v) is 4.19. The Kier molecular flexibility index (Phi) is 9.48. The van der Waals surface area contributed by atoms with Crippen molar-refractivity contribution in [2.45, 2.75) is 31.8 Å². The van der Waals surface area contributed by atoms with Crippen molar-refractivity contribution in [2.75, 3.05) is 44.7 Å². The van der Waals surface area contributed by atoms with Crippen LogP contribution in [0.5, 0.6) is 5.75 Å². The molecule has 2 N–H and O–H groups in total. The number of carbonyl (C=O) groups is 1. The molecule has 0 spiro atoms. The smallest absolute Gasteiger partial charge is 0.254 e. The van der Waals surface area contributed by atoms with Crippen LogP contribution in [0, 0.1) is 0 Å². The zero-order valence-corrected chi connectivity index (χ0v) is 17.5. The van der Waals surface area contributed by atoms with Crippen molar-refractivity contribution in [1.29, 1.82) is 0 Å². The summed E-state index contributed by atoms with van der Waals surface area (Å²) < 4.78 is 37.8. The lowest BCUT2D eigenvalue weighted by molar-refractivity contribution is -0.128. The molecule has 1 aromatic carbocycles. The van der Waals surface area contributed by atoms with E-state index in [4.69, 9.17) is 9.47 Å². The van der Waals surface area contributed by atoms with Gasteiger partial charge in [0.2, 0.25) is 10.0 Å². The summed E-state index contributed by atoms with van der Waals surface area (Å²) in [4.78, 5) is 12.6. The van der Waals surface area contributed by atoms with Gasteiger partial charge in [0.25, 0.3) is 5.91 Å². The molecule has 1 aromatic rings. The van der Waals surface area contributed by atoms with Crippen LogP contribution in [0.1, 0.15) is 20.8 Å². The summed E-state index contributed by atoms with van der Waals surface area (Å²) in [7, 11) is -3.63. The van der Waals surface area contributed by atoms with Gasteiger partial charge in [-0.3, -0.25) is 4.79 Å². The van der Waals surface area contributed by atoms with Gasteiger partial charge >= 0.3 is 0 Å². The van der Waals surface area contributed by atoms with E-state index in [1.165, 1.54) is 16.4 Å². The van der Waals surface area contributed by atoms with Crippen LogP contribution in [0.15, 0.2) is 23.1 Å². The van der Waals surface area contributed by atoms with Crippen LogP contribution in [-0.2, 0) is 19.6 Å². The van der Waals surface area contributed by atoms with Gasteiger partial charge in [-0.1, -0.05) is 13.8 Å². The predicted octanol–water partition coefficient (Wildman–Crippen LogP) is 1.46. The number of amides is 1. The first kappa shape index (κ1) is 23.6. The Morgan fingerprint density at radius 1 is 1.33 bits per heavy atom. The minimum Gasteiger partial charge on any atom is -0.492 e. The lowest BCUT2D eigenvalue weighted by atomic mass is 10.2. The van der Waals surface area contributed by atoms with Gasteiger partial charge in [-0.05, 0) is 25.1 Å². The monoisotopic (exact) mass is 421 g/mol. The summed E-state index contributed by atoms with van der Waals surface area (Å²) >= 11 is 0. The summed E-state index contributed by atoms with van der Waals surface area (Å²) in [6.07, 6.45) is -0.624. The van der Waals surface area contributed by atoms with Crippen molar-refractivity contribution < 1.29 is 22.7 Å². The molecule has 10 heteroatoms. The Bertz CT molecular complexity index is 719. The Morgan fingerprint density at radius 2 is 2.04 bits per heavy atom. The second kappa shape index (κ2) is 10.8. The number of halogens is 1. The number of carbonyl (C=O) groups excluding carboxylic acids is 1. The van der Waals surface area contributed by atoms with Crippen LogP contribution in [0.2, 0.25) is 0 Å². The van der Waals surface area contributed by atoms with E-state index in [1.807, 2.05) is 6.92 Å². The Balaban J connectivity index is 0.00000364. The quantitative estimate of drug-likeness (QED) is 0.659. The third-order valence-corrected chi connectivity index (χ3v) is 6.12. The van der Waals surface area contributed by atoms with E-state index in [0.717, 1.165) is 0 Å². The number of hydrogen-bond donors (Lipinski definition) is 2. The van der Waals surface area contributed by atoms with Crippen molar-refractivity contribution in [3.05, 3.63) is 18.2 Å². The highest BCUT2D eigenvalue weighted by molar-refractivity contribution is 7.89. The molecule has 154 valence electrons. The van der Waals surface area contributed by atoms with Crippen molar-refractivity contribution in [3.8, 4) is 5.75 Å². The molecule has 0 saturated carbocycles. The molecule has 0 unspecified atom stereocenters. The van der Waals surface area contributed by atoms with E-state index < -0.39 is 16.1 Å². The summed E-state index contributed by atoms with van der Waals surface area (Å²) in [5.41, 5.74) is 0.319. The predicted molar refractivity (Wildman–Crippen MR) is 106 cm³/mol. The Labute approximate surface area is 167 Å². The van der Waals surface area contributed by atoms with E-state index >= 15 is 0 Å². The standard InChI is InChI=1S/C17H27N3O5S.ClH/c1-4-20(5-2)26(22,23)13-7-8-15(24-6-3)14(11-13)19-17(21)16-12-18-9-10-25-16;/h7-8,11,16,18H,4-6,9-10,12H2,1-3H3,(H,19,21);1H/t16-;/m1./s1. The maximum absolute atomic E-state index is 12.7. The van der Waals surface area contributed by atoms with E-state index in [9.17, 15) is 13.2 Å². The largest absolute Gasteiger partial charge is 0.492 e. The number of anilines is 1. The van der Waals surface area contributed by atoms with Gasteiger partial charge in [0.15, 0.2) is 0 Å². The maximum atomic E-state index is 12.7. The number of nitrogens with one attached hydrogen (secondary N) is 2. The summed E-state index contributed by atoms with van der Waals surface area (Å²) in [5, 5.41) is 5.83. The molecule has 8 nitrogen and oxygen atoms in total. The van der Waals surface area contributed by atoms with Crippen molar-refractivity contribution in [1.82, 2.24) is 9.62 Å². The van der Waals surface area contributed by atoms with Crippen LogP contribution in [0.4, 0.5) is 5.69 Å². The molecule has 27 heavy (non-hydrogen) atoms. The molecule has 2 rings (SSSR count). The van der Waals surface area contributed by atoms with E-state index in [2.05, 4.69) is 10.6 Å². The molecule has 1 heterocycles. The molecule has 0 aromatic heterocycles. The van der Waals surface area contributed by atoms with Gasteiger partial charge in [0.1, 0.15) is 11.9 Å². The lowest BCUT2D eigenvalue weighted by Gasteiger charge is -2.24. The lowest BCUT2D eigenvalue weighted by Crippen LogP contribution is -2.45. The molecular weight excluding hydrogens is 394 g/mol. The molecule has 1 atom stereocenters. The second-order valence-corrected chi connectivity index (χ2v) is 7.67. The van der Waals surface area contributed by atoms with E-state index in [-0.39, 0.29) is 23.2 Å². The van der Waals surface area contributed by atoms with Crippen molar-refractivity contribution in [3.63, 3.8) is 0 Å². The van der Waals surface area contributed by atoms with Gasteiger partial charge in [-0.15, -0.1) is 12.4 Å². The number of benzene rings is 1. The highest BCUT2D eigenvalue weighted by atomic mass is 35.5. The molecule has 1 aliphatic rings. The number of ether oxygens (including phenoxy) is 2. The third-order valence-electron chi connectivity index (χ3n) is 4.07. The molecular formula is C17H28ClN3O5S. The fourth-order valence-electron chi connectivity index (χ4n) is 2.71. The van der Waals surface area contributed by atoms with Crippen molar-refractivity contribution in [2.24, 2.45) is 0 Å². The van der Waals surface area contributed by atoms with Gasteiger partial charge in [-0.25, -0.2) is 8.42 Å². The minimum atomic E-state index is -3.63. The first-order valence-corrected chi connectivity index (χ1v) is 10.3. The third kappa shape index (κ3) is 5.79. The van der Waals surface area contributed by atoms with E-state index in [1.54, 1.807) is 19.9 Å². The summed E-state index contributed by atoms with van der Waals surface area (Å²) in [6, 6.07) is 4.50. The van der Waals surface area contributed by atoms with Gasteiger partial charge in [-0.2, -0.15) is 4.31 Å². The molecule has 0 radical (unpaired) electrons. The number of rotatable bonds is 8. The molecule has 0 aliphatic carbocycles. The molecule has 1 aliphatic heterocycles. The minimum absolute atomic E-state index is 0. The number of nitrogens with zero attached hydrogens (tertiary/aromatic N) is 1. The van der Waals surface area contributed by atoms with Gasteiger partial charge in [0.05, 0.1) is 23.8 Å². The Morgan fingerprint density at radius 3 is 2.59 bits per heavy atom. The second-order valence-electron chi connectivity index (χ2n) is 5.73. The zero-order valence-electron chi connectivity index (χ0n) is 15.9. The fraction of sp³-hybridized carbons (Fsp3) is 0.588. The maximum Gasteiger partial charge on any atom is 0.254 e. The number of morpholine rings is 1. The normalized spacial score (nSPS) is 17.3. The topological polar surface area (TPSA) is 97.0 Å². The zero-order chi connectivity index (χ0) is 19.2. The van der Waals surface area contributed by atoms with Crippen LogP contribution < -0.4 is 15.4 Å². The average Bonchev–Trinajstić information content (AvgIpc) is 2.64. The van der Waals surface area contributed by atoms with Gasteiger partial charge < -0.3 is 20.1 Å². The Hall–Kier alpha value is -1.39. The SMILES string of the molecule is CCOc1ccc(S(=O)(=O)N(CC)CC)cc1NC(=O)[C@H]1CNCCO1.Cl. The molecule has 0 bridgehead atoms. The number of hydrogen-bond acceptors (Lipinski definition) is 6. The number of sulfonamides is 1. The van der Waals surface area contributed by atoms with Crippen LogP contribution in [0.3, 0.4) is 0 Å². The van der Waals surface area contributed by atoms with Crippen molar-refractivity contribution >= 4 is 34.0 Å². The first-order valence-electron chi connectivity index (χ1n) is 8.84. The van der Waals surface area contributed by atoms with Crippen LogP contribution >= 0.6 is 12.4 Å². The summed E-state index contributed by atoms with van der Waals surface area (Å²) in [6.45, 7) is 8.08. The summed E-state index contributed by atoms with van der Waals surface area (Å²) in [5.74, 6) is 0.0821. The molecule has 1 saturated heterocycles. The molecule has 1 fully saturated rings. The highest BCUT2D eigenvalue weighted by Crippen LogP contribution is 2.29. The van der Waals surface area contributed by atoms with E-state index in [0.29, 0.717) is 50.8 Å². The average molecular weight is 422 g/mol. The van der Waals surface area contributed by atoms with Crippen LogP contribution in [-0.4, -0.2) is 64.1 Å². The highest BCUT2D eigenvalue weighted by Gasteiger charge is 2.26. The van der Waals surface area contributed by atoms with Gasteiger partial charge in [0, 0.05) is 26.2 Å². The first-order chi connectivity index (χ1) is 12.4.